The van der Waals surface area contributed by atoms with Gasteiger partial charge in [-0.25, -0.2) is 0 Å². The molecular formula is C11H25NSSi. The third-order valence-corrected chi connectivity index (χ3v) is 6.32. The van der Waals surface area contributed by atoms with Gasteiger partial charge in [0.15, 0.2) is 0 Å². The summed E-state index contributed by atoms with van der Waals surface area (Å²) in [7, 11) is -0.953. The minimum Gasteiger partial charge on any atom is -0.296 e. The lowest BCUT2D eigenvalue weighted by Gasteiger charge is -2.19. The van der Waals surface area contributed by atoms with Crippen LogP contribution < -0.4 is 0 Å². The Morgan fingerprint density at radius 3 is 2.50 bits per heavy atom. The van der Waals surface area contributed by atoms with Gasteiger partial charge in [-0.3, -0.25) is 4.99 Å². The second kappa shape index (κ2) is 7.52. The van der Waals surface area contributed by atoms with Gasteiger partial charge in [-0.1, -0.05) is 39.9 Å². The van der Waals surface area contributed by atoms with Gasteiger partial charge in [-0.05, 0) is 19.1 Å². The van der Waals surface area contributed by atoms with E-state index in [0.29, 0.717) is 5.25 Å². The number of hydrogen-bond donors (Lipinski definition) is 0. The maximum Gasteiger partial charge on any atom is 0.108 e. The zero-order chi connectivity index (χ0) is 11.0. The van der Waals surface area contributed by atoms with Gasteiger partial charge in [0.1, 0.15) is 7.22 Å². The standard InChI is InChI=1S/C11H25NSSi/c1-6-7-8-9-12-10-11(2)13-14(3,4)5/h9,11H,6-8,10H2,1-5H3. The van der Waals surface area contributed by atoms with Crippen molar-refractivity contribution in [2.75, 3.05) is 6.54 Å². The average molecular weight is 231 g/mol. The van der Waals surface area contributed by atoms with Gasteiger partial charge in [0.05, 0.1) is 0 Å². The quantitative estimate of drug-likeness (QED) is 0.363. The predicted octanol–water partition coefficient (Wildman–Crippen LogP) is 4.20. The largest absolute Gasteiger partial charge is 0.296 e. The van der Waals surface area contributed by atoms with Crippen molar-refractivity contribution in [2.45, 2.75) is 58.0 Å². The summed E-state index contributed by atoms with van der Waals surface area (Å²) >= 11 is 2.15. The molecule has 0 aromatic heterocycles. The highest BCUT2D eigenvalue weighted by atomic mass is 32.4. The zero-order valence-electron chi connectivity index (χ0n) is 10.3. The van der Waals surface area contributed by atoms with E-state index < -0.39 is 7.22 Å². The molecule has 0 radical (unpaired) electrons. The van der Waals surface area contributed by atoms with Crippen molar-refractivity contribution in [1.82, 2.24) is 0 Å². The Hall–Kier alpha value is 0.237. The molecule has 84 valence electrons. The van der Waals surface area contributed by atoms with Crippen LogP contribution >= 0.6 is 11.2 Å². The summed E-state index contributed by atoms with van der Waals surface area (Å²) in [5, 5.41) is 0.694. The van der Waals surface area contributed by atoms with Crippen LogP contribution in [0.25, 0.3) is 0 Å². The van der Waals surface area contributed by atoms with Crippen molar-refractivity contribution in [3.8, 4) is 0 Å². The Kier molecular flexibility index (Phi) is 7.65. The number of hydrogen-bond acceptors (Lipinski definition) is 2. The average Bonchev–Trinajstić information content (AvgIpc) is 2.00. The minimum atomic E-state index is -0.953. The van der Waals surface area contributed by atoms with Gasteiger partial charge in [0.25, 0.3) is 0 Å². The zero-order valence-corrected chi connectivity index (χ0v) is 12.2. The van der Waals surface area contributed by atoms with Gasteiger partial charge >= 0.3 is 0 Å². The van der Waals surface area contributed by atoms with Gasteiger partial charge < -0.3 is 0 Å². The minimum absolute atomic E-state index is 0.694. The first-order chi connectivity index (χ1) is 6.45. The van der Waals surface area contributed by atoms with Crippen LogP contribution in [0.4, 0.5) is 0 Å². The fourth-order valence-electron chi connectivity index (χ4n) is 1.25. The van der Waals surface area contributed by atoms with Crippen LogP contribution in [0, 0.1) is 0 Å². The number of rotatable bonds is 7. The van der Waals surface area contributed by atoms with E-state index in [2.05, 4.69) is 55.9 Å². The van der Waals surface area contributed by atoms with Crippen molar-refractivity contribution >= 4 is 24.6 Å². The third-order valence-electron chi connectivity index (χ3n) is 1.73. The number of aliphatic imine (C=N–C) groups is 1. The summed E-state index contributed by atoms with van der Waals surface area (Å²) in [6, 6.07) is 0. The van der Waals surface area contributed by atoms with E-state index >= 15 is 0 Å². The summed E-state index contributed by atoms with van der Waals surface area (Å²) < 4.78 is 0. The van der Waals surface area contributed by atoms with E-state index in [1.807, 2.05) is 0 Å². The molecule has 0 saturated carbocycles. The van der Waals surface area contributed by atoms with Gasteiger partial charge in [-0.2, -0.15) is 11.2 Å². The first kappa shape index (κ1) is 14.2. The SMILES string of the molecule is CCCCC=NCC(C)S[Si](C)(C)C. The molecule has 0 rings (SSSR count). The van der Waals surface area contributed by atoms with Crippen molar-refractivity contribution in [2.24, 2.45) is 4.99 Å². The van der Waals surface area contributed by atoms with Gasteiger partial charge in [0.2, 0.25) is 0 Å². The van der Waals surface area contributed by atoms with Crippen molar-refractivity contribution in [3.63, 3.8) is 0 Å². The fraction of sp³-hybridized carbons (Fsp3) is 0.909. The van der Waals surface area contributed by atoms with E-state index in [-0.39, 0.29) is 0 Å². The topological polar surface area (TPSA) is 12.4 Å². The van der Waals surface area contributed by atoms with E-state index in [1.54, 1.807) is 0 Å². The first-order valence-corrected chi connectivity index (χ1v) is 10.7. The van der Waals surface area contributed by atoms with Crippen LogP contribution in [0.15, 0.2) is 4.99 Å². The summed E-state index contributed by atoms with van der Waals surface area (Å²) in [5.41, 5.74) is 0. The lowest BCUT2D eigenvalue weighted by atomic mass is 10.3. The van der Waals surface area contributed by atoms with Crippen LogP contribution in [0.3, 0.4) is 0 Å². The Morgan fingerprint density at radius 1 is 1.36 bits per heavy atom. The smallest absolute Gasteiger partial charge is 0.108 e. The summed E-state index contributed by atoms with van der Waals surface area (Å²) in [5.74, 6) is 0. The molecule has 0 N–H and O–H groups in total. The van der Waals surface area contributed by atoms with Crippen LogP contribution in [0.5, 0.6) is 0 Å². The molecule has 1 unspecified atom stereocenters. The maximum atomic E-state index is 4.47. The Balaban J connectivity index is 3.53. The Morgan fingerprint density at radius 2 is 2.00 bits per heavy atom. The van der Waals surface area contributed by atoms with Crippen molar-refractivity contribution < 1.29 is 0 Å². The molecule has 0 aliphatic heterocycles. The third kappa shape index (κ3) is 10.3. The van der Waals surface area contributed by atoms with Gasteiger partial charge in [-0.15, -0.1) is 0 Å². The van der Waals surface area contributed by atoms with E-state index in [0.717, 1.165) is 13.0 Å². The first-order valence-electron chi connectivity index (χ1n) is 5.62. The summed E-state index contributed by atoms with van der Waals surface area (Å²) in [6.45, 7) is 12.7. The van der Waals surface area contributed by atoms with Crippen LogP contribution in [-0.4, -0.2) is 25.2 Å². The summed E-state index contributed by atoms with van der Waals surface area (Å²) in [6.07, 6.45) is 5.80. The van der Waals surface area contributed by atoms with Crippen LogP contribution in [0.1, 0.15) is 33.1 Å². The molecule has 0 saturated heterocycles. The van der Waals surface area contributed by atoms with Crippen LogP contribution in [0.2, 0.25) is 19.6 Å². The molecule has 0 spiro atoms. The molecule has 0 fully saturated rings. The Bertz CT molecular complexity index is 163. The molecule has 0 heterocycles. The summed E-state index contributed by atoms with van der Waals surface area (Å²) in [4.78, 5) is 4.47. The lowest BCUT2D eigenvalue weighted by Crippen LogP contribution is -2.20. The second-order valence-electron chi connectivity index (χ2n) is 4.73. The highest BCUT2D eigenvalue weighted by molar-refractivity contribution is 8.29. The van der Waals surface area contributed by atoms with E-state index in [9.17, 15) is 0 Å². The van der Waals surface area contributed by atoms with Crippen molar-refractivity contribution in [3.05, 3.63) is 0 Å². The molecule has 0 aromatic rings. The van der Waals surface area contributed by atoms with Crippen molar-refractivity contribution in [1.29, 1.82) is 0 Å². The maximum absolute atomic E-state index is 4.47. The molecule has 3 heteroatoms. The molecule has 0 amide bonds. The highest BCUT2D eigenvalue weighted by Crippen LogP contribution is 2.24. The monoisotopic (exact) mass is 231 g/mol. The number of unbranched alkanes of at least 4 members (excludes halogenated alkanes) is 2. The molecule has 0 bridgehead atoms. The second-order valence-corrected chi connectivity index (χ2v) is 14.4. The fourth-order valence-corrected chi connectivity index (χ4v) is 6.46. The molecule has 0 aliphatic carbocycles. The van der Waals surface area contributed by atoms with E-state index in [4.69, 9.17) is 0 Å². The molecule has 0 aliphatic rings. The van der Waals surface area contributed by atoms with Crippen LogP contribution in [-0.2, 0) is 0 Å². The molecule has 1 nitrogen and oxygen atoms in total. The molecule has 1 atom stereocenters. The lowest BCUT2D eigenvalue weighted by molar-refractivity contribution is 0.837. The van der Waals surface area contributed by atoms with Gasteiger partial charge in [0, 0.05) is 11.8 Å². The molecule has 0 aromatic carbocycles. The van der Waals surface area contributed by atoms with E-state index in [1.165, 1.54) is 12.8 Å². The molecule has 14 heavy (non-hydrogen) atoms. The Labute approximate surface area is 94.4 Å². The highest BCUT2D eigenvalue weighted by Gasteiger charge is 2.17. The predicted molar refractivity (Wildman–Crippen MR) is 73.3 cm³/mol. The normalized spacial score (nSPS) is 14.9. The molecular weight excluding hydrogens is 206 g/mol. The number of nitrogens with zero attached hydrogens (tertiary/aromatic N) is 1.